The Morgan fingerprint density at radius 1 is 1.06 bits per heavy atom. The van der Waals surface area contributed by atoms with Crippen LogP contribution in [0.1, 0.15) is 27.2 Å². The first kappa shape index (κ1) is 22.0. The van der Waals surface area contributed by atoms with Gasteiger partial charge in [-0.15, -0.1) is 11.3 Å². The fourth-order valence-corrected chi connectivity index (χ4v) is 4.58. The van der Waals surface area contributed by atoms with E-state index in [-0.39, 0.29) is 31.9 Å². The molecule has 4 aromatic rings. The van der Waals surface area contributed by atoms with E-state index in [4.69, 9.17) is 26.8 Å². The number of hydrogen-bond acceptors (Lipinski definition) is 6. The molecule has 5 nitrogen and oxygen atoms in total. The van der Waals surface area contributed by atoms with E-state index in [0.717, 1.165) is 11.3 Å². The van der Waals surface area contributed by atoms with Gasteiger partial charge in [0.05, 0.1) is 25.6 Å². The third-order valence-electron chi connectivity index (χ3n) is 4.96. The number of anilines is 1. The van der Waals surface area contributed by atoms with Gasteiger partial charge >= 0.3 is 0 Å². The Morgan fingerprint density at radius 2 is 1.75 bits per heavy atom. The van der Waals surface area contributed by atoms with Crippen LogP contribution < -0.4 is 15.2 Å². The summed E-state index contributed by atoms with van der Waals surface area (Å²) in [6.45, 7) is 0. The summed E-state index contributed by atoms with van der Waals surface area (Å²) in [7, 11) is 2.94. The van der Waals surface area contributed by atoms with E-state index in [1.165, 1.54) is 26.4 Å². The molecule has 0 saturated heterocycles. The number of benzene rings is 2. The molecule has 2 aromatic carbocycles. The van der Waals surface area contributed by atoms with Crippen molar-refractivity contribution in [2.45, 2.75) is 6.43 Å². The lowest BCUT2D eigenvalue weighted by atomic mass is 10.0. The highest BCUT2D eigenvalue weighted by Gasteiger charge is 2.25. The second-order valence-electron chi connectivity index (χ2n) is 6.83. The second kappa shape index (κ2) is 8.72. The molecule has 0 fully saturated rings. The molecule has 0 atom stereocenters. The molecule has 0 aliphatic rings. The fraction of sp³-hybridized carbons (Fsp3) is 0.130. The molecule has 0 radical (unpaired) electrons. The fourth-order valence-electron chi connectivity index (χ4n) is 3.37. The number of ketones is 1. The summed E-state index contributed by atoms with van der Waals surface area (Å²) in [6, 6.07) is 12.7. The number of ether oxygens (including phenoxy) is 2. The number of nitrogens with zero attached hydrogens (tertiary/aromatic N) is 1. The van der Waals surface area contributed by atoms with Crippen LogP contribution in [-0.2, 0) is 0 Å². The zero-order valence-electron chi connectivity index (χ0n) is 17.0. The molecule has 9 heteroatoms. The third kappa shape index (κ3) is 3.87. The summed E-state index contributed by atoms with van der Waals surface area (Å²) in [5.74, 6) is 0.414. The maximum Gasteiger partial charge on any atom is 0.264 e. The van der Waals surface area contributed by atoms with Gasteiger partial charge in [0.15, 0.2) is 11.5 Å². The van der Waals surface area contributed by atoms with Gasteiger partial charge in [0, 0.05) is 27.1 Å². The molecular formula is C23H17ClF2N2O3S. The molecule has 0 bridgehead atoms. The number of methoxy groups -OCH3 is 2. The standard InChI is InChI=1S/C23H17ClF2N2O3S/c1-30-16-8-5-12(9-17(16)31-2)20(29)21-19(27)18-14(22(25)26)10-15(28-23(18)32-21)11-3-6-13(24)7-4-11/h3-10,22H,27H2,1-2H3. The number of pyridine rings is 1. The van der Waals surface area contributed by atoms with E-state index in [9.17, 15) is 13.6 Å². The summed E-state index contributed by atoms with van der Waals surface area (Å²) in [4.78, 5) is 18.1. The SMILES string of the molecule is COc1ccc(C(=O)c2sc3nc(-c4ccc(Cl)cc4)cc(C(F)F)c3c2N)cc1OC. The van der Waals surface area contributed by atoms with E-state index < -0.39 is 12.2 Å². The van der Waals surface area contributed by atoms with Gasteiger partial charge in [-0.25, -0.2) is 13.8 Å². The van der Waals surface area contributed by atoms with E-state index in [0.29, 0.717) is 27.8 Å². The topological polar surface area (TPSA) is 74.4 Å². The number of fused-ring (bicyclic) bond motifs is 1. The lowest BCUT2D eigenvalue weighted by molar-refractivity contribution is 0.104. The quantitative estimate of drug-likeness (QED) is 0.328. The average Bonchev–Trinajstić information content (AvgIpc) is 3.14. The Bertz CT molecular complexity index is 1320. The van der Waals surface area contributed by atoms with Gasteiger partial charge in [0.25, 0.3) is 6.43 Å². The first-order chi connectivity index (χ1) is 15.3. The summed E-state index contributed by atoms with van der Waals surface area (Å²) in [6.07, 6.45) is -2.80. The Labute approximate surface area is 191 Å². The highest BCUT2D eigenvalue weighted by atomic mass is 35.5. The van der Waals surface area contributed by atoms with Crippen molar-refractivity contribution in [3.63, 3.8) is 0 Å². The molecule has 32 heavy (non-hydrogen) atoms. The summed E-state index contributed by atoms with van der Waals surface area (Å²) < 4.78 is 38.3. The van der Waals surface area contributed by atoms with Crippen molar-refractivity contribution < 1.29 is 23.0 Å². The number of nitrogen functional groups attached to an aromatic ring is 1. The van der Waals surface area contributed by atoms with Crippen molar-refractivity contribution in [1.29, 1.82) is 0 Å². The molecule has 0 aliphatic heterocycles. The Morgan fingerprint density at radius 3 is 2.38 bits per heavy atom. The molecule has 2 heterocycles. The number of aromatic nitrogens is 1. The zero-order chi connectivity index (χ0) is 23.0. The third-order valence-corrected chi connectivity index (χ3v) is 6.31. The largest absolute Gasteiger partial charge is 0.493 e. The van der Waals surface area contributed by atoms with Crippen molar-refractivity contribution in [3.05, 3.63) is 69.6 Å². The van der Waals surface area contributed by atoms with Crippen LogP contribution in [0, 0.1) is 0 Å². The van der Waals surface area contributed by atoms with Crippen LogP contribution in [0.15, 0.2) is 48.5 Å². The van der Waals surface area contributed by atoms with Crippen LogP contribution >= 0.6 is 22.9 Å². The molecule has 0 saturated carbocycles. The van der Waals surface area contributed by atoms with Crippen LogP contribution in [0.2, 0.25) is 5.02 Å². The van der Waals surface area contributed by atoms with E-state index >= 15 is 0 Å². The number of carbonyl (C=O) groups is 1. The molecule has 0 amide bonds. The molecule has 164 valence electrons. The molecule has 0 spiro atoms. The van der Waals surface area contributed by atoms with Crippen molar-refractivity contribution in [3.8, 4) is 22.8 Å². The Hall–Kier alpha value is -3.23. The van der Waals surface area contributed by atoms with Crippen LogP contribution in [-0.4, -0.2) is 25.0 Å². The first-order valence-corrected chi connectivity index (χ1v) is 10.6. The number of thiophene rings is 1. The maximum atomic E-state index is 13.9. The van der Waals surface area contributed by atoms with Gasteiger partial charge < -0.3 is 15.2 Å². The number of alkyl halides is 2. The average molecular weight is 475 g/mol. The van der Waals surface area contributed by atoms with Crippen molar-refractivity contribution in [2.24, 2.45) is 0 Å². The molecule has 0 unspecified atom stereocenters. The molecule has 2 aromatic heterocycles. The molecule has 4 rings (SSSR count). The number of hydrogen-bond donors (Lipinski definition) is 1. The smallest absolute Gasteiger partial charge is 0.264 e. The van der Waals surface area contributed by atoms with Crippen LogP contribution in [0.4, 0.5) is 14.5 Å². The second-order valence-corrected chi connectivity index (χ2v) is 8.26. The Balaban J connectivity index is 1.86. The minimum Gasteiger partial charge on any atom is -0.493 e. The van der Waals surface area contributed by atoms with Gasteiger partial charge in [-0.2, -0.15) is 0 Å². The number of nitrogens with two attached hydrogens (primary N) is 1. The highest BCUT2D eigenvalue weighted by Crippen LogP contribution is 2.41. The van der Waals surface area contributed by atoms with E-state index in [1.807, 2.05) is 0 Å². The highest BCUT2D eigenvalue weighted by molar-refractivity contribution is 7.21. The lowest BCUT2D eigenvalue weighted by Crippen LogP contribution is -2.03. The van der Waals surface area contributed by atoms with E-state index in [2.05, 4.69) is 4.98 Å². The van der Waals surface area contributed by atoms with Gasteiger partial charge in [-0.05, 0) is 36.4 Å². The summed E-state index contributed by atoms with van der Waals surface area (Å²) >= 11 is 6.90. The van der Waals surface area contributed by atoms with Gasteiger partial charge in [-0.1, -0.05) is 23.7 Å². The van der Waals surface area contributed by atoms with Gasteiger partial charge in [0.2, 0.25) is 5.78 Å². The maximum absolute atomic E-state index is 13.9. The van der Waals surface area contributed by atoms with E-state index in [1.54, 1.807) is 36.4 Å². The molecule has 2 N–H and O–H groups in total. The normalized spacial score (nSPS) is 11.2. The first-order valence-electron chi connectivity index (χ1n) is 9.37. The minimum atomic E-state index is -2.80. The van der Waals surface area contributed by atoms with Gasteiger partial charge in [-0.3, -0.25) is 4.79 Å². The number of rotatable bonds is 6. The molecular weight excluding hydrogens is 458 g/mol. The summed E-state index contributed by atoms with van der Waals surface area (Å²) in [5, 5.41) is 0.610. The number of carbonyl (C=O) groups excluding carboxylic acids is 1. The number of halogens is 3. The van der Waals surface area contributed by atoms with Gasteiger partial charge in [0.1, 0.15) is 9.71 Å². The minimum absolute atomic E-state index is 0.0183. The van der Waals surface area contributed by atoms with Crippen LogP contribution in [0.25, 0.3) is 21.5 Å². The van der Waals surface area contributed by atoms with Crippen molar-refractivity contribution >= 4 is 44.6 Å². The predicted molar refractivity (Wildman–Crippen MR) is 122 cm³/mol. The monoisotopic (exact) mass is 474 g/mol. The molecule has 0 aliphatic carbocycles. The summed E-state index contributed by atoms with van der Waals surface area (Å²) in [5.41, 5.74) is 7.15. The van der Waals surface area contributed by atoms with Crippen molar-refractivity contribution in [1.82, 2.24) is 4.98 Å². The lowest BCUT2D eigenvalue weighted by Gasteiger charge is -2.09. The van der Waals surface area contributed by atoms with Crippen LogP contribution in [0.3, 0.4) is 0 Å². The van der Waals surface area contributed by atoms with Crippen molar-refractivity contribution in [2.75, 3.05) is 20.0 Å². The van der Waals surface area contributed by atoms with Crippen LogP contribution in [0.5, 0.6) is 11.5 Å². The zero-order valence-corrected chi connectivity index (χ0v) is 18.6. The predicted octanol–water partition coefficient (Wildman–Crippen LogP) is 6.38. The Kier molecular flexibility index (Phi) is 5.99.